The van der Waals surface area contributed by atoms with Crippen molar-refractivity contribution < 1.29 is 9.90 Å². The molecular weight excluding hydrogens is 326 g/mol. The number of aliphatic hydroxyl groups is 1. The average molecular weight is 349 g/mol. The van der Waals surface area contributed by atoms with E-state index in [1.807, 2.05) is 36.5 Å². The van der Waals surface area contributed by atoms with Gasteiger partial charge in [-0.3, -0.25) is 4.79 Å². The number of likely N-dealkylation sites (tertiary alicyclic amines) is 1. The van der Waals surface area contributed by atoms with Gasteiger partial charge < -0.3 is 20.3 Å². The number of benzene rings is 2. The van der Waals surface area contributed by atoms with Crippen LogP contribution in [0.5, 0.6) is 0 Å². The third-order valence-corrected chi connectivity index (χ3v) is 4.96. The molecule has 5 heteroatoms. The van der Waals surface area contributed by atoms with Crippen LogP contribution in [-0.2, 0) is 6.54 Å². The molecule has 3 aromatic rings. The first kappa shape index (κ1) is 16.7. The normalized spacial score (nSPS) is 17.4. The summed E-state index contributed by atoms with van der Waals surface area (Å²) in [4.78, 5) is 17.7. The number of amides is 1. The molecule has 0 unspecified atom stereocenters. The zero-order valence-corrected chi connectivity index (χ0v) is 14.6. The minimum Gasteiger partial charge on any atom is -0.391 e. The Bertz CT molecular complexity index is 918. The molecule has 1 aliphatic rings. The van der Waals surface area contributed by atoms with Gasteiger partial charge in [0.1, 0.15) is 0 Å². The minimum absolute atomic E-state index is 0.0138. The van der Waals surface area contributed by atoms with Crippen molar-refractivity contribution in [3.63, 3.8) is 0 Å². The van der Waals surface area contributed by atoms with Crippen molar-refractivity contribution in [3.8, 4) is 0 Å². The van der Waals surface area contributed by atoms with Crippen molar-refractivity contribution in [2.45, 2.75) is 25.5 Å². The Labute approximate surface area is 152 Å². The number of nitrogens with zero attached hydrogens (tertiary/aromatic N) is 1. The van der Waals surface area contributed by atoms with Crippen LogP contribution in [0.15, 0.2) is 54.7 Å². The van der Waals surface area contributed by atoms with Crippen molar-refractivity contribution in [2.75, 3.05) is 18.4 Å². The van der Waals surface area contributed by atoms with Crippen molar-refractivity contribution >= 4 is 22.5 Å². The maximum Gasteiger partial charge on any atom is 0.254 e. The zero-order valence-electron chi connectivity index (χ0n) is 14.6. The molecule has 0 saturated carbocycles. The number of aromatic nitrogens is 1. The number of nitrogens with one attached hydrogen (secondary N) is 2. The first-order valence-corrected chi connectivity index (χ1v) is 9.07. The van der Waals surface area contributed by atoms with E-state index in [1.54, 1.807) is 4.90 Å². The molecule has 4 rings (SSSR count). The molecule has 0 spiro atoms. The van der Waals surface area contributed by atoms with E-state index < -0.39 is 6.10 Å². The number of H-pyrrole nitrogens is 1. The lowest BCUT2D eigenvalue weighted by Gasteiger charge is -2.30. The van der Waals surface area contributed by atoms with Crippen LogP contribution in [0, 0.1) is 0 Å². The lowest BCUT2D eigenvalue weighted by atomic mass is 10.1. The zero-order chi connectivity index (χ0) is 17.9. The summed E-state index contributed by atoms with van der Waals surface area (Å²) >= 11 is 0. The fourth-order valence-electron chi connectivity index (χ4n) is 3.59. The van der Waals surface area contributed by atoms with Gasteiger partial charge in [0.25, 0.3) is 5.91 Å². The summed E-state index contributed by atoms with van der Waals surface area (Å²) in [5, 5.41) is 14.4. The summed E-state index contributed by atoms with van der Waals surface area (Å²) in [6.45, 7) is 1.82. The molecule has 3 N–H and O–H groups in total. The number of aliphatic hydroxyl groups excluding tert-OH is 1. The van der Waals surface area contributed by atoms with Gasteiger partial charge in [-0.25, -0.2) is 0 Å². The minimum atomic E-state index is -0.407. The predicted molar refractivity (Wildman–Crippen MR) is 103 cm³/mol. The summed E-state index contributed by atoms with van der Waals surface area (Å²) in [6, 6.07) is 15.9. The topological polar surface area (TPSA) is 68.4 Å². The van der Waals surface area contributed by atoms with Gasteiger partial charge in [0, 0.05) is 48.0 Å². The van der Waals surface area contributed by atoms with Gasteiger partial charge in [-0.15, -0.1) is 0 Å². The SMILES string of the molecule is O=C(c1cccc(NCc2cccc3[nH]ccc23)c1)N1CCC[C@H](O)C1. The van der Waals surface area contributed by atoms with Crippen molar-refractivity contribution in [1.82, 2.24) is 9.88 Å². The van der Waals surface area contributed by atoms with Crippen molar-refractivity contribution in [1.29, 1.82) is 0 Å². The Kier molecular flexibility index (Phi) is 4.63. The Morgan fingerprint density at radius 3 is 3.00 bits per heavy atom. The fourth-order valence-corrected chi connectivity index (χ4v) is 3.59. The second-order valence-electron chi connectivity index (χ2n) is 6.84. The highest BCUT2D eigenvalue weighted by atomic mass is 16.3. The third kappa shape index (κ3) is 3.44. The van der Waals surface area contributed by atoms with E-state index in [9.17, 15) is 9.90 Å². The Balaban J connectivity index is 1.47. The number of β-amino-alcohol motifs (C(OH)–C–C–N with tert-alkyl or cyclic N) is 1. The van der Waals surface area contributed by atoms with Gasteiger partial charge in [-0.05, 0) is 48.7 Å². The summed E-state index contributed by atoms with van der Waals surface area (Å²) in [7, 11) is 0. The average Bonchev–Trinajstić information content (AvgIpc) is 3.15. The molecule has 0 bridgehead atoms. The van der Waals surface area contributed by atoms with Gasteiger partial charge in [0.05, 0.1) is 6.10 Å². The van der Waals surface area contributed by atoms with Crippen LogP contribution in [-0.4, -0.2) is 40.1 Å². The van der Waals surface area contributed by atoms with Gasteiger partial charge in [-0.1, -0.05) is 18.2 Å². The van der Waals surface area contributed by atoms with E-state index in [0.29, 0.717) is 25.2 Å². The number of hydrogen-bond donors (Lipinski definition) is 3. The van der Waals surface area contributed by atoms with Crippen molar-refractivity contribution in [2.24, 2.45) is 0 Å². The summed E-state index contributed by atoms with van der Waals surface area (Å²) in [6.07, 6.45) is 3.16. The highest BCUT2D eigenvalue weighted by Crippen LogP contribution is 2.20. The second-order valence-corrected chi connectivity index (χ2v) is 6.84. The van der Waals surface area contributed by atoms with Crippen LogP contribution >= 0.6 is 0 Å². The molecule has 26 heavy (non-hydrogen) atoms. The largest absolute Gasteiger partial charge is 0.391 e. The van der Waals surface area contributed by atoms with E-state index in [1.165, 1.54) is 10.9 Å². The summed E-state index contributed by atoms with van der Waals surface area (Å²) in [5.41, 5.74) is 3.90. The van der Waals surface area contributed by atoms with Crippen LogP contribution in [0.25, 0.3) is 10.9 Å². The van der Waals surface area contributed by atoms with Crippen LogP contribution < -0.4 is 5.32 Å². The molecule has 5 nitrogen and oxygen atoms in total. The van der Waals surface area contributed by atoms with E-state index >= 15 is 0 Å². The maximum absolute atomic E-state index is 12.7. The number of rotatable bonds is 4. The molecule has 1 fully saturated rings. The monoisotopic (exact) mass is 349 g/mol. The van der Waals surface area contributed by atoms with Crippen LogP contribution in [0.3, 0.4) is 0 Å². The summed E-state index contributed by atoms with van der Waals surface area (Å²) in [5.74, 6) is -0.0138. The molecule has 1 atom stereocenters. The standard InChI is InChI=1S/C21H23N3O2/c25-18-7-3-11-24(14-18)21(26)15-4-1-6-17(12-15)23-13-16-5-2-8-20-19(16)9-10-22-20/h1-2,4-6,8-10,12,18,22-23,25H,3,7,11,13-14H2/t18-/m0/s1. The number of hydrogen-bond acceptors (Lipinski definition) is 3. The van der Waals surface area contributed by atoms with Gasteiger partial charge >= 0.3 is 0 Å². The highest BCUT2D eigenvalue weighted by Gasteiger charge is 2.23. The molecule has 2 heterocycles. The number of carbonyl (C=O) groups is 1. The third-order valence-electron chi connectivity index (χ3n) is 4.96. The molecule has 0 aliphatic carbocycles. The number of carbonyl (C=O) groups excluding carboxylic acids is 1. The molecule has 1 aliphatic heterocycles. The van der Waals surface area contributed by atoms with Gasteiger partial charge in [0.2, 0.25) is 0 Å². The van der Waals surface area contributed by atoms with E-state index in [0.717, 1.165) is 24.0 Å². The van der Waals surface area contributed by atoms with Gasteiger partial charge in [0.15, 0.2) is 0 Å². The molecule has 134 valence electrons. The Hall–Kier alpha value is -2.79. The van der Waals surface area contributed by atoms with E-state index in [2.05, 4.69) is 28.5 Å². The molecule has 0 radical (unpaired) electrons. The number of aromatic amines is 1. The number of fused-ring (bicyclic) bond motifs is 1. The van der Waals surface area contributed by atoms with Crippen LogP contribution in [0.1, 0.15) is 28.8 Å². The second kappa shape index (κ2) is 7.22. The first-order chi connectivity index (χ1) is 12.7. The number of piperidine rings is 1. The van der Waals surface area contributed by atoms with Crippen molar-refractivity contribution in [3.05, 3.63) is 65.9 Å². The smallest absolute Gasteiger partial charge is 0.254 e. The fraction of sp³-hybridized carbons (Fsp3) is 0.286. The van der Waals surface area contributed by atoms with Gasteiger partial charge in [-0.2, -0.15) is 0 Å². The number of anilines is 1. The quantitative estimate of drug-likeness (QED) is 0.676. The maximum atomic E-state index is 12.7. The Morgan fingerprint density at radius 2 is 2.12 bits per heavy atom. The highest BCUT2D eigenvalue weighted by molar-refractivity contribution is 5.95. The first-order valence-electron chi connectivity index (χ1n) is 9.07. The predicted octanol–water partition coefficient (Wildman–Crippen LogP) is 3.38. The van der Waals surface area contributed by atoms with E-state index in [4.69, 9.17) is 0 Å². The Morgan fingerprint density at radius 1 is 1.23 bits per heavy atom. The molecule has 1 aromatic heterocycles. The molecule has 1 amide bonds. The molecular formula is C21H23N3O2. The summed E-state index contributed by atoms with van der Waals surface area (Å²) < 4.78 is 0. The lowest BCUT2D eigenvalue weighted by Crippen LogP contribution is -2.42. The molecule has 2 aromatic carbocycles. The van der Waals surface area contributed by atoms with Crippen LogP contribution in [0.4, 0.5) is 5.69 Å². The molecule has 1 saturated heterocycles. The van der Waals surface area contributed by atoms with Crippen LogP contribution in [0.2, 0.25) is 0 Å². The van der Waals surface area contributed by atoms with E-state index in [-0.39, 0.29) is 5.91 Å². The lowest BCUT2D eigenvalue weighted by molar-refractivity contribution is 0.0474.